The Hall–Kier alpha value is -2.99. The molecule has 1 aliphatic heterocycles. The maximum absolute atomic E-state index is 5.61. The highest BCUT2D eigenvalue weighted by atomic mass is 16.5. The molecule has 28 heavy (non-hydrogen) atoms. The summed E-state index contributed by atoms with van der Waals surface area (Å²) in [6, 6.07) is 12.6. The number of hydrogen-bond acceptors (Lipinski definition) is 6. The molecule has 3 heterocycles. The maximum Gasteiger partial charge on any atom is 0.225 e. The second-order valence-electron chi connectivity index (χ2n) is 6.98. The highest BCUT2D eigenvalue weighted by Crippen LogP contribution is 2.33. The number of ether oxygens (including phenoxy) is 1. The van der Waals surface area contributed by atoms with Gasteiger partial charge in [-0.05, 0) is 67.4 Å². The normalized spacial score (nSPS) is 14.6. The first-order chi connectivity index (χ1) is 13.8. The molecular weight excluding hydrogens is 350 g/mol. The average molecular weight is 375 g/mol. The zero-order chi connectivity index (χ0) is 19.3. The Morgan fingerprint density at radius 3 is 2.54 bits per heavy atom. The van der Waals surface area contributed by atoms with Crippen LogP contribution in [0, 0.1) is 0 Å². The summed E-state index contributed by atoms with van der Waals surface area (Å²) < 4.78 is 5.61. The van der Waals surface area contributed by atoms with Crippen molar-refractivity contribution < 1.29 is 4.74 Å². The van der Waals surface area contributed by atoms with Gasteiger partial charge >= 0.3 is 0 Å². The van der Waals surface area contributed by atoms with Gasteiger partial charge in [0.2, 0.25) is 5.95 Å². The van der Waals surface area contributed by atoms with Crippen LogP contribution in [0.15, 0.2) is 55.0 Å². The number of methoxy groups -OCH3 is 1. The molecule has 6 nitrogen and oxygen atoms in total. The van der Waals surface area contributed by atoms with Crippen molar-refractivity contribution in [1.29, 1.82) is 0 Å². The first-order valence-corrected chi connectivity index (χ1v) is 9.61. The van der Waals surface area contributed by atoms with Crippen LogP contribution in [0.2, 0.25) is 0 Å². The zero-order valence-corrected chi connectivity index (χ0v) is 16.3. The predicted molar refractivity (Wildman–Crippen MR) is 112 cm³/mol. The lowest BCUT2D eigenvalue weighted by Gasteiger charge is -2.31. The summed E-state index contributed by atoms with van der Waals surface area (Å²) >= 11 is 0. The number of nitrogens with zero attached hydrogens (tertiary/aromatic N) is 4. The number of rotatable bonds is 5. The SMILES string of the molecule is COc1ccc(-c2ccncc2)cc1-c1ccnc(N(C)C2CCNCC2)n1. The fourth-order valence-corrected chi connectivity index (χ4v) is 3.66. The van der Waals surface area contributed by atoms with E-state index in [-0.39, 0.29) is 0 Å². The molecule has 1 aliphatic rings. The molecule has 4 rings (SSSR count). The number of nitrogens with one attached hydrogen (secondary N) is 1. The monoisotopic (exact) mass is 375 g/mol. The third-order valence-electron chi connectivity index (χ3n) is 5.30. The third-order valence-corrected chi connectivity index (χ3v) is 5.30. The standard InChI is InChI=1S/C22H25N5O/c1-27(18-7-12-24-13-8-18)22-25-14-9-20(26-22)19-15-17(3-4-21(19)28-2)16-5-10-23-11-6-16/h3-6,9-11,14-15,18,24H,7-8,12-13H2,1-2H3. The van der Waals surface area contributed by atoms with Crippen LogP contribution in [0.4, 0.5) is 5.95 Å². The van der Waals surface area contributed by atoms with E-state index in [0.29, 0.717) is 6.04 Å². The van der Waals surface area contributed by atoms with Gasteiger partial charge < -0.3 is 15.0 Å². The van der Waals surface area contributed by atoms with Gasteiger partial charge in [-0.1, -0.05) is 6.07 Å². The van der Waals surface area contributed by atoms with Gasteiger partial charge in [0.15, 0.2) is 0 Å². The third kappa shape index (κ3) is 3.82. The van der Waals surface area contributed by atoms with Gasteiger partial charge in [0.05, 0.1) is 12.8 Å². The van der Waals surface area contributed by atoms with Crippen molar-refractivity contribution in [3.05, 3.63) is 55.0 Å². The molecule has 0 spiro atoms. The summed E-state index contributed by atoms with van der Waals surface area (Å²) in [6.07, 6.45) is 7.63. The van der Waals surface area contributed by atoms with Crippen molar-refractivity contribution in [1.82, 2.24) is 20.3 Å². The van der Waals surface area contributed by atoms with Crippen LogP contribution in [0.25, 0.3) is 22.4 Å². The molecule has 0 saturated carbocycles. The lowest BCUT2D eigenvalue weighted by atomic mass is 10.0. The topological polar surface area (TPSA) is 63.2 Å². The largest absolute Gasteiger partial charge is 0.496 e. The van der Waals surface area contributed by atoms with Crippen LogP contribution in [-0.2, 0) is 0 Å². The van der Waals surface area contributed by atoms with E-state index in [1.807, 2.05) is 30.5 Å². The summed E-state index contributed by atoms with van der Waals surface area (Å²) in [6.45, 7) is 2.08. The molecule has 0 atom stereocenters. The Morgan fingerprint density at radius 1 is 1.00 bits per heavy atom. The smallest absolute Gasteiger partial charge is 0.225 e. The Labute approximate surface area is 165 Å². The van der Waals surface area contributed by atoms with E-state index in [4.69, 9.17) is 9.72 Å². The molecule has 0 bridgehead atoms. The molecule has 6 heteroatoms. The Balaban J connectivity index is 1.70. The molecule has 1 fully saturated rings. The van der Waals surface area contributed by atoms with Crippen molar-refractivity contribution in [3.63, 3.8) is 0 Å². The van der Waals surface area contributed by atoms with E-state index in [1.54, 1.807) is 19.5 Å². The van der Waals surface area contributed by atoms with E-state index >= 15 is 0 Å². The predicted octanol–water partition coefficient (Wildman–Crippen LogP) is 3.40. The quantitative estimate of drug-likeness (QED) is 0.737. The van der Waals surface area contributed by atoms with E-state index in [1.165, 1.54) is 0 Å². The van der Waals surface area contributed by atoms with Gasteiger partial charge in [0, 0.05) is 37.2 Å². The number of anilines is 1. The molecule has 0 unspecified atom stereocenters. The summed E-state index contributed by atoms with van der Waals surface area (Å²) in [5, 5.41) is 3.41. The minimum absolute atomic E-state index is 0.460. The van der Waals surface area contributed by atoms with Crippen LogP contribution >= 0.6 is 0 Å². The minimum Gasteiger partial charge on any atom is -0.496 e. The van der Waals surface area contributed by atoms with Gasteiger partial charge in [-0.25, -0.2) is 9.97 Å². The van der Waals surface area contributed by atoms with Gasteiger partial charge in [0.1, 0.15) is 5.75 Å². The Morgan fingerprint density at radius 2 is 1.79 bits per heavy atom. The first kappa shape index (κ1) is 18.4. The summed E-state index contributed by atoms with van der Waals surface area (Å²) in [5.74, 6) is 1.55. The van der Waals surface area contributed by atoms with Crippen LogP contribution in [0.1, 0.15) is 12.8 Å². The number of benzene rings is 1. The van der Waals surface area contributed by atoms with Crippen molar-refractivity contribution in [2.45, 2.75) is 18.9 Å². The highest BCUT2D eigenvalue weighted by Gasteiger charge is 2.20. The molecule has 144 valence electrons. The fraction of sp³-hybridized carbons (Fsp3) is 0.318. The van der Waals surface area contributed by atoms with Gasteiger partial charge in [0.25, 0.3) is 0 Å². The van der Waals surface area contributed by atoms with Gasteiger partial charge in [-0.2, -0.15) is 0 Å². The van der Waals surface area contributed by atoms with Gasteiger partial charge in [-0.15, -0.1) is 0 Å². The molecule has 0 radical (unpaired) electrons. The molecule has 1 N–H and O–H groups in total. The molecule has 0 amide bonds. The summed E-state index contributed by atoms with van der Waals surface area (Å²) in [5.41, 5.74) is 4.03. The van der Waals surface area contributed by atoms with E-state index in [0.717, 1.165) is 60.0 Å². The second-order valence-corrected chi connectivity index (χ2v) is 6.98. The maximum atomic E-state index is 5.61. The molecule has 1 aromatic carbocycles. The second kappa shape index (κ2) is 8.35. The Kier molecular flexibility index (Phi) is 5.48. The van der Waals surface area contributed by atoms with Gasteiger partial charge in [-0.3, -0.25) is 4.98 Å². The molecule has 1 saturated heterocycles. The molecule has 3 aromatic rings. The van der Waals surface area contributed by atoms with Crippen molar-refractivity contribution in [2.24, 2.45) is 0 Å². The van der Waals surface area contributed by atoms with Crippen molar-refractivity contribution in [3.8, 4) is 28.1 Å². The van der Waals surface area contributed by atoms with Crippen LogP contribution in [-0.4, -0.2) is 48.2 Å². The average Bonchev–Trinajstić information content (AvgIpc) is 2.79. The van der Waals surface area contributed by atoms with E-state index in [2.05, 4.69) is 39.4 Å². The van der Waals surface area contributed by atoms with Crippen LogP contribution in [0.5, 0.6) is 5.75 Å². The zero-order valence-electron chi connectivity index (χ0n) is 16.3. The van der Waals surface area contributed by atoms with Crippen LogP contribution in [0.3, 0.4) is 0 Å². The number of hydrogen-bond donors (Lipinski definition) is 1. The highest BCUT2D eigenvalue weighted by molar-refractivity contribution is 5.76. The van der Waals surface area contributed by atoms with E-state index in [9.17, 15) is 0 Å². The lowest BCUT2D eigenvalue weighted by molar-refractivity contribution is 0.416. The number of aromatic nitrogens is 3. The van der Waals surface area contributed by atoms with E-state index < -0.39 is 0 Å². The molecular formula is C22H25N5O. The van der Waals surface area contributed by atoms with Crippen molar-refractivity contribution in [2.75, 3.05) is 32.1 Å². The first-order valence-electron chi connectivity index (χ1n) is 9.61. The number of piperidine rings is 1. The summed E-state index contributed by atoms with van der Waals surface area (Å²) in [4.78, 5) is 15.7. The fourth-order valence-electron chi connectivity index (χ4n) is 3.66. The van der Waals surface area contributed by atoms with Crippen molar-refractivity contribution >= 4 is 5.95 Å². The lowest BCUT2D eigenvalue weighted by Crippen LogP contribution is -2.41. The minimum atomic E-state index is 0.460. The van der Waals surface area contributed by atoms with Crippen LogP contribution < -0.4 is 15.0 Å². The number of pyridine rings is 1. The Bertz CT molecular complexity index is 925. The molecule has 0 aliphatic carbocycles. The molecule has 2 aromatic heterocycles. The summed E-state index contributed by atoms with van der Waals surface area (Å²) in [7, 11) is 3.77.